The molecule has 3 aromatic rings. The predicted octanol–water partition coefficient (Wildman–Crippen LogP) is 4.91. The topological polar surface area (TPSA) is 66.8 Å². The van der Waals surface area contributed by atoms with Gasteiger partial charge in [0.1, 0.15) is 11.6 Å². The Morgan fingerprint density at radius 1 is 1.25 bits per heavy atom. The molecule has 2 aromatic carbocycles. The van der Waals surface area contributed by atoms with E-state index in [9.17, 15) is 9.50 Å². The zero-order valence-corrected chi connectivity index (χ0v) is 18.5. The van der Waals surface area contributed by atoms with Crippen LogP contribution in [-0.4, -0.2) is 37.4 Å². The van der Waals surface area contributed by atoms with E-state index in [-0.39, 0.29) is 11.7 Å². The number of pyridine rings is 1. The molecular formula is C25H28FN3O3. The van der Waals surface area contributed by atoms with Gasteiger partial charge in [0.05, 0.1) is 18.5 Å². The monoisotopic (exact) mass is 437 g/mol. The molecule has 2 heterocycles. The Balaban J connectivity index is 1.52. The van der Waals surface area contributed by atoms with Crippen molar-refractivity contribution >= 4 is 17.1 Å². The van der Waals surface area contributed by atoms with Gasteiger partial charge in [-0.05, 0) is 48.7 Å². The summed E-state index contributed by atoms with van der Waals surface area (Å²) in [6.07, 6.45) is 3.19. The van der Waals surface area contributed by atoms with Crippen LogP contribution in [0.5, 0.6) is 5.75 Å². The summed E-state index contributed by atoms with van der Waals surface area (Å²) in [7, 11) is 3.38. The number of halogens is 1. The van der Waals surface area contributed by atoms with Gasteiger partial charge >= 0.3 is 0 Å². The molecule has 0 bridgehead atoms. The summed E-state index contributed by atoms with van der Waals surface area (Å²) in [6, 6.07) is 13.1. The molecule has 2 N–H and O–H groups in total. The molecule has 32 heavy (non-hydrogen) atoms. The molecule has 1 unspecified atom stereocenters. The minimum absolute atomic E-state index is 0.219. The maximum atomic E-state index is 14.0. The molecule has 4 rings (SSSR count). The summed E-state index contributed by atoms with van der Waals surface area (Å²) in [5.41, 5.74) is 4.85. The second kappa shape index (κ2) is 9.54. The van der Waals surface area contributed by atoms with Crippen LogP contribution < -0.4 is 15.0 Å². The number of rotatable bonds is 7. The van der Waals surface area contributed by atoms with E-state index in [2.05, 4.69) is 16.4 Å². The molecule has 1 aromatic heterocycles. The predicted molar refractivity (Wildman–Crippen MR) is 123 cm³/mol. The van der Waals surface area contributed by atoms with Crippen LogP contribution in [-0.2, 0) is 4.74 Å². The lowest BCUT2D eigenvalue weighted by molar-refractivity contribution is -0.0764. The molecule has 0 fully saturated rings. The van der Waals surface area contributed by atoms with Gasteiger partial charge in [0.15, 0.2) is 6.29 Å². The molecule has 0 radical (unpaired) electrons. The van der Waals surface area contributed by atoms with Gasteiger partial charge in [-0.25, -0.2) is 4.39 Å². The fourth-order valence-electron chi connectivity index (χ4n) is 3.94. The van der Waals surface area contributed by atoms with Crippen LogP contribution in [0, 0.1) is 12.7 Å². The SMILES string of the molecule is COC(O)c1ccncc1NC[C@@H]1CCOc2cc(N(C)c3ccc(C)c(F)c3)ccc21. The zero-order chi connectivity index (χ0) is 22.7. The number of benzene rings is 2. The first kappa shape index (κ1) is 22.0. The third-order valence-electron chi connectivity index (χ3n) is 5.97. The van der Waals surface area contributed by atoms with E-state index in [4.69, 9.17) is 9.47 Å². The van der Waals surface area contributed by atoms with Crippen LogP contribution in [0.2, 0.25) is 0 Å². The van der Waals surface area contributed by atoms with Crippen LogP contribution in [0.4, 0.5) is 21.5 Å². The van der Waals surface area contributed by atoms with E-state index in [0.717, 1.165) is 34.8 Å². The Bertz CT molecular complexity index is 1090. The van der Waals surface area contributed by atoms with E-state index in [1.165, 1.54) is 7.11 Å². The van der Waals surface area contributed by atoms with E-state index < -0.39 is 6.29 Å². The van der Waals surface area contributed by atoms with Crippen LogP contribution in [0.25, 0.3) is 0 Å². The van der Waals surface area contributed by atoms with Gasteiger partial charge in [0.25, 0.3) is 0 Å². The molecule has 1 aliphatic rings. The molecular weight excluding hydrogens is 409 g/mol. The highest BCUT2D eigenvalue weighted by molar-refractivity contribution is 5.65. The van der Waals surface area contributed by atoms with Gasteiger partial charge in [0, 0.05) is 55.8 Å². The van der Waals surface area contributed by atoms with Crippen molar-refractivity contribution < 1.29 is 19.0 Å². The number of hydrogen-bond donors (Lipinski definition) is 2. The highest BCUT2D eigenvalue weighted by Crippen LogP contribution is 2.38. The molecule has 6 nitrogen and oxygen atoms in total. The summed E-state index contributed by atoms with van der Waals surface area (Å²) >= 11 is 0. The second-order valence-electron chi connectivity index (χ2n) is 7.98. The Labute approximate surface area is 187 Å². The van der Waals surface area contributed by atoms with Gasteiger partial charge < -0.3 is 24.8 Å². The van der Waals surface area contributed by atoms with Crippen molar-refractivity contribution in [3.05, 3.63) is 77.4 Å². The van der Waals surface area contributed by atoms with Crippen molar-refractivity contribution in [2.75, 3.05) is 37.5 Å². The second-order valence-corrected chi connectivity index (χ2v) is 7.98. The van der Waals surface area contributed by atoms with Crippen molar-refractivity contribution in [2.24, 2.45) is 0 Å². The lowest BCUT2D eigenvalue weighted by Crippen LogP contribution is -2.22. The number of hydrogen-bond acceptors (Lipinski definition) is 6. The van der Waals surface area contributed by atoms with Gasteiger partial charge in [-0.15, -0.1) is 0 Å². The van der Waals surface area contributed by atoms with Crippen LogP contribution in [0.1, 0.15) is 35.3 Å². The first-order valence-corrected chi connectivity index (χ1v) is 10.6. The standard InChI is InChI=1S/C25H28FN3O3/c1-16-4-5-18(12-22(16)26)29(2)19-6-7-20-17(9-11-32-24(20)13-19)14-28-23-15-27-10-8-21(23)25(30)31-3/h4-8,10,12-13,15,17,25,28,30H,9,11,14H2,1-3H3/t17-,25?/m0/s1. The molecule has 2 atom stereocenters. The summed E-state index contributed by atoms with van der Waals surface area (Å²) in [6.45, 7) is 3.04. The smallest absolute Gasteiger partial charge is 0.182 e. The third-order valence-corrected chi connectivity index (χ3v) is 5.97. The molecule has 0 saturated heterocycles. The molecule has 1 aliphatic heterocycles. The van der Waals surface area contributed by atoms with Crippen molar-refractivity contribution in [2.45, 2.75) is 25.6 Å². The molecule has 0 aliphatic carbocycles. The normalized spacial score (nSPS) is 16.1. The van der Waals surface area contributed by atoms with Crippen molar-refractivity contribution in [3.8, 4) is 5.75 Å². The number of nitrogens with one attached hydrogen (secondary N) is 1. The number of aromatic nitrogens is 1. The average molecular weight is 438 g/mol. The lowest BCUT2D eigenvalue weighted by atomic mass is 9.92. The molecule has 0 amide bonds. The van der Waals surface area contributed by atoms with E-state index in [1.54, 1.807) is 37.5 Å². The van der Waals surface area contributed by atoms with E-state index >= 15 is 0 Å². The highest BCUT2D eigenvalue weighted by Gasteiger charge is 2.23. The minimum Gasteiger partial charge on any atom is -0.493 e. The summed E-state index contributed by atoms with van der Waals surface area (Å²) in [5, 5.41) is 13.5. The largest absolute Gasteiger partial charge is 0.493 e. The first-order valence-electron chi connectivity index (χ1n) is 10.6. The fourth-order valence-corrected chi connectivity index (χ4v) is 3.94. The number of aliphatic hydroxyl groups excluding tert-OH is 1. The summed E-state index contributed by atoms with van der Waals surface area (Å²) in [5.74, 6) is 0.856. The highest BCUT2D eigenvalue weighted by atomic mass is 19.1. The van der Waals surface area contributed by atoms with Crippen LogP contribution in [0.15, 0.2) is 54.9 Å². The number of aryl methyl sites for hydroxylation is 1. The number of ether oxygens (including phenoxy) is 2. The van der Waals surface area contributed by atoms with Crippen LogP contribution in [0.3, 0.4) is 0 Å². The maximum Gasteiger partial charge on any atom is 0.182 e. The van der Waals surface area contributed by atoms with Gasteiger partial charge in [-0.1, -0.05) is 12.1 Å². The number of anilines is 3. The number of fused-ring (bicyclic) bond motifs is 1. The number of methoxy groups -OCH3 is 1. The number of aliphatic hydroxyl groups is 1. The molecule has 0 saturated carbocycles. The lowest BCUT2D eigenvalue weighted by Gasteiger charge is -2.29. The Kier molecular flexibility index (Phi) is 6.58. The number of nitrogens with zero attached hydrogens (tertiary/aromatic N) is 2. The fraction of sp³-hybridized carbons (Fsp3) is 0.320. The first-order chi connectivity index (χ1) is 15.5. The van der Waals surface area contributed by atoms with Crippen molar-refractivity contribution in [1.82, 2.24) is 4.98 Å². The zero-order valence-electron chi connectivity index (χ0n) is 18.5. The third kappa shape index (κ3) is 4.54. The van der Waals surface area contributed by atoms with E-state index in [0.29, 0.717) is 24.3 Å². The quantitative estimate of drug-likeness (QED) is 0.512. The molecule has 0 spiro atoms. The Morgan fingerprint density at radius 3 is 2.81 bits per heavy atom. The van der Waals surface area contributed by atoms with Gasteiger partial charge in [-0.2, -0.15) is 0 Å². The maximum absolute atomic E-state index is 14.0. The average Bonchev–Trinajstić information content (AvgIpc) is 2.83. The van der Waals surface area contributed by atoms with Gasteiger partial charge in [-0.3, -0.25) is 4.98 Å². The Hall–Kier alpha value is -3.16. The van der Waals surface area contributed by atoms with Crippen molar-refractivity contribution in [3.63, 3.8) is 0 Å². The van der Waals surface area contributed by atoms with Gasteiger partial charge in [0.2, 0.25) is 0 Å². The molecule has 168 valence electrons. The summed E-state index contributed by atoms with van der Waals surface area (Å²) in [4.78, 5) is 6.10. The Morgan fingerprint density at radius 2 is 2.03 bits per heavy atom. The molecule has 7 heteroatoms. The summed E-state index contributed by atoms with van der Waals surface area (Å²) < 4.78 is 25.0. The van der Waals surface area contributed by atoms with Crippen molar-refractivity contribution in [1.29, 1.82) is 0 Å². The van der Waals surface area contributed by atoms with E-state index in [1.807, 2.05) is 30.1 Å². The van der Waals surface area contributed by atoms with Crippen LogP contribution >= 0.6 is 0 Å². The minimum atomic E-state index is -1.01.